The zero-order valence-electron chi connectivity index (χ0n) is 7.42. The van der Waals surface area contributed by atoms with E-state index in [0.29, 0.717) is 6.54 Å². The predicted octanol–water partition coefficient (Wildman–Crippen LogP) is 0.166. The molecule has 0 unspecified atom stereocenters. The Balaban J connectivity index is 2.55. The highest BCUT2D eigenvalue weighted by Gasteiger charge is 1.97. The molecule has 14 heavy (non-hydrogen) atoms. The molecule has 0 aliphatic rings. The first-order chi connectivity index (χ1) is 6.79. The van der Waals surface area contributed by atoms with Crippen molar-refractivity contribution >= 4 is 11.0 Å². The number of imidazole rings is 1. The van der Waals surface area contributed by atoms with Crippen LogP contribution in [-0.2, 0) is 0 Å². The molecule has 0 amide bonds. The van der Waals surface area contributed by atoms with Crippen LogP contribution in [0.5, 0.6) is 0 Å². The van der Waals surface area contributed by atoms with Gasteiger partial charge >= 0.3 is 5.69 Å². The molecule has 0 spiro atoms. The van der Waals surface area contributed by atoms with Crippen molar-refractivity contribution in [3.63, 3.8) is 0 Å². The maximum Gasteiger partial charge on any atom is 0.323 e. The van der Waals surface area contributed by atoms with Gasteiger partial charge in [-0.2, -0.15) is 0 Å². The second-order valence-corrected chi connectivity index (χ2v) is 2.85. The SMILES string of the molecule is NCC#Cc1ccc2[nH]c(=O)[nH]c2c1. The van der Waals surface area contributed by atoms with Gasteiger partial charge in [-0.25, -0.2) is 4.79 Å². The Morgan fingerprint density at radius 2 is 2.07 bits per heavy atom. The number of nitrogens with one attached hydrogen (secondary N) is 2. The van der Waals surface area contributed by atoms with E-state index in [1.165, 1.54) is 0 Å². The predicted molar refractivity (Wildman–Crippen MR) is 54.9 cm³/mol. The van der Waals surface area contributed by atoms with Crippen LogP contribution in [0.25, 0.3) is 11.0 Å². The fraction of sp³-hybridized carbons (Fsp3) is 0.100. The van der Waals surface area contributed by atoms with E-state index < -0.39 is 0 Å². The summed E-state index contributed by atoms with van der Waals surface area (Å²) in [4.78, 5) is 16.3. The van der Waals surface area contributed by atoms with Crippen LogP contribution in [0.4, 0.5) is 0 Å². The zero-order valence-corrected chi connectivity index (χ0v) is 7.42. The first-order valence-corrected chi connectivity index (χ1v) is 4.20. The molecule has 0 radical (unpaired) electrons. The van der Waals surface area contributed by atoms with Gasteiger partial charge in [0.1, 0.15) is 0 Å². The number of rotatable bonds is 0. The molecule has 70 valence electrons. The number of aromatic amines is 2. The minimum absolute atomic E-state index is 0.205. The largest absolute Gasteiger partial charge is 0.323 e. The Morgan fingerprint density at radius 3 is 2.86 bits per heavy atom. The van der Waals surface area contributed by atoms with Crippen molar-refractivity contribution in [2.75, 3.05) is 6.54 Å². The van der Waals surface area contributed by atoms with Gasteiger partial charge in [-0.3, -0.25) is 0 Å². The van der Waals surface area contributed by atoms with Gasteiger partial charge in [-0.05, 0) is 18.2 Å². The highest BCUT2D eigenvalue weighted by Crippen LogP contribution is 2.08. The topological polar surface area (TPSA) is 74.7 Å². The number of hydrogen-bond acceptors (Lipinski definition) is 2. The number of aromatic nitrogens is 2. The molecule has 0 atom stereocenters. The van der Waals surface area contributed by atoms with Gasteiger partial charge in [0.25, 0.3) is 0 Å². The number of fused-ring (bicyclic) bond motifs is 1. The van der Waals surface area contributed by atoms with Crippen LogP contribution in [0.3, 0.4) is 0 Å². The summed E-state index contributed by atoms with van der Waals surface area (Å²) in [5.74, 6) is 5.65. The smallest absolute Gasteiger partial charge is 0.320 e. The fourth-order valence-corrected chi connectivity index (χ4v) is 1.26. The average Bonchev–Trinajstić information content (AvgIpc) is 2.54. The molecule has 4 nitrogen and oxygen atoms in total. The molecular weight excluding hydrogens is 178 g/mol. The van der Waals surface area contributed by atoms with Gasteiger partial charge in [0.05, 0.1) is 17.6 Å². The number of H-pyrrole nitrogens is 2. The van der Waals surface area contributed by atoms with Crippen LogP contribution in [-0.4, -0.2) is 16.5 Å². The molecule has 0 aliphatic heterocycles. The lowest BCUT2D eigenvalue weighted by Crippen LogP contribution is -1.99. The summed E-state index contributed by atoms with van der Waals surface area (Å²) in [5, 5.41) is 0. The third kappa shape index (κ3) is 1.53. The summed E-state index contributed by atoms with van der Waals surface area (Å²) in [5.41, 5.74) is 7.44. The van der Waals surface area contributed by atoms with E-state index in [-0.39, 0.29) is 5.69 Å². The summed E-state index contributed by atoms with van der Waals surface area (Å²) in [6.07, 6.45) is 0. The van der Waals surface area contributed by atoms with Gasteiger partial charge in [0.15, 0.2) is 0 Å². The molecule has 2 aromatic rings. The second kappa shape index (κ2) is 3.40. The molecule has 0 fully saturated rings. The lowest BCUT2D eigenvalue weighted by atomic mass is 10.2. The highest BCUT2D eigenvalue weighted by atomic mass is 16.1. The summed E-state index contributed by atoms with van der Waals surface area (Å²) in [6.45, 7) is 0.335. The van der Waals surface area contributed by atoms with Gasteiger partial charge < -0.3 is 15.7 Å². The molecule has 4 N–H and O–H groups in total. The molecule has 1 aromatic heterocycles. The van der Waals surface area contributed by atoms with Crippen molar-refractivity contribution < 1.29 is 0 Å². The Bertz CT molecular complexity index is 568. The maximum absolute atomic E-state index is 10.9. The molecular formula is C10H9N3O. The van der Waals surface area contributed by atoms with Crippen molar-refractivity contribution in [1.29, 1.82) is 0 Å². The Labute approximate surface area is 80.1 Å². The van der Waals surface area contributed by atoms with Crippen LogP contribution in [0.15, 0.2) is 23.0 Å². The minimum Gasteiger partial charge on any atom is -0.320 e. The van der Waals surface area contributed by atoms with Gasteiger partial charge in [-0.15, -0.1) is 0 Å². The van der Waals surface area contributed by atoms with Crippen LogP contribution < -0.4 is 11.4 Å². The fourth-order valence-electron chi connectivity index (χ4n) is 1.26. The van der Waals surface area contributed by atoms with Crippen LogP contribution >= 0.6 is 0 Å². The number of nitrogens with two attached hydrogens (primary N) is 1. The Kier molecular flexibility index (Phi) is 2.09. The summed E-state index contributed by atoms with van der Waals surface area (Å²) < 4.78 is 0. The summed E-state index contributed by atoms with van der Waals surface area (Å²) in [7, 11) is 0. The molecule has 4 heteroatoms. The van der Waals surface area contributed by atoms with E-state index in [1.807, 2.05) is 18.2 Å². The van der Waals surface area contributed by atoms with E-state index in [4.69, 9.17) is 5.73 Å². The Morgan fingerprint density at radius 1 is 1.29 bits per heavy atom. The zero-order chi connectivity index (χ0) is 9.97. The molecule has 0 saturated carbocycles. The quantitative estimate of drug-likeness (QED) is 0.514. The second-order valence-electron chi connectivity index (χ2n) is 2.85. The van der Waals surface area contributed by atoms with Crippen LogP contribution in [0, 0.1) is 11.8 Å². The average molecular weight is 187 g/mol. The molecule has 1 aromatic carbocycles. The van der Waals surface area contributed by atoms with Crippen LogP contribution in [0.1, 0.15) is 5.56 Å². The number of benzene rings is 1. The third-order valence-electron chi connectivity index (χ3n) is 1.85. The third-order valence-corrected chi connectivity index (χ3v) is 1.85. The van der Waals surface area contributed by atoms with E-state index >= 15 is 0 Å². The molecule has 0 bridgehead atoms. The van der Waals surface area contributed by atoms with Gasteiger partial charge in [0, 0.05) is 5.56 Å². The van der Waals surface area contributed by atoms with Crippen molar-refractivity contribution in [2.24, 2.45) is 5.73 Å². The van der Waals surface area contributed by atoms with E-state index in [0.717, 1.165) is 16.6 Å². The normalized spacial score (nSPS) is 9.79. The summed E-state index contributed by atoms with van der Waals surface area (Å²) >= 11 is 0. The molecule has 0 saturated heterocycles. The van der Waals surface area contributed by atoms with E-state index in [2.05, 4.69) is 21.8 Å². The van der Waals surface area contributed by atoms with Crippen molar-refractivity contribution in [1.82, 2.24) is 9.97 Å². The Hall–Kier alpha value is -1.99. The van der Waals surface area contributed by atoms with Crippen LogP contribution in [0.2, 0.25) is 0 Å². The standard InChI is InChI=1S/C10H9N3O/c11-5-1-2-7-3-4-8-9(6-7)13-10(14)12-8/h3-4,6H,5,11H2,(H2,12,13,14). The van der Waals surface area contributed by atoms with Gasteiger partial charge in [-0.1, -0.05) is 11.8 Å². The highest BCUT2D eigenvalue weighted by molar-refractivity contribution is 5.76. The van der Waals surface area contributed by atoms with E-state index in [1.54, 1.807) is 0 Å². The maximum atomic E-state index is 10.9. The van der Waals surface area contributed by atoms with E-state index in [9.17, 15) is 4.79 Å². The van der Waals surface area contributed by atoms with Crippen molar-refractivity contribution in [3.8, 4) is 11.8 Å². The van der Waals surface area contributed by atoms with Crippen molar-refractivity contribution in [2.45, 2.75) is 0 Å². The lowest BCUT2D eigenvalue weighted by Gasteiger charge is -1.90. The van der Waals surface area contributed by atoms with Crippen molar-refractivity contribution in [3.05, 3.63) is 34.2 Å². The first kappa shape index (κ1) is 8.60. The molecule has 0 aliphatic carbocycles. The van der Waals surface area contributed by atoms with Gasteiger partial charge in [0.2, 0.25) is 0 Å². The first-order valence-electron chi connectivity index (χ1n) is 4.20. The molecule has 1 heterocycles. The number of hydrogen-bond donors (Lipinski definition) is 3. The molecule has 2 rings (SSSR count). The summed E-state index contributed by atoms with van der Waals surface area (Å²) in [6, 6.07) is 5.47. The minimum atomic E-state index is -0.205. The monoisotopic (exact) mass is 187 g/mol. The lowest BCUT2D eigenvalue weighted by molar-refractivity contribution is 1.21.